The Balaban J connectivity index is 1.53. The van der Waals surface area contributed by atoms with Gasteiger partial charge < -0.3 is 10.2 Å². The number of amides is 2. The van der Waals surface area contributed by atoms with Gasteiger partial charge in [-0.2, -0.15) is 5.10 Å². The number of carbonyl (C=O) groups is 1. The summed E-state index contributed by atoms with van der Waals surface area (Å²) >= 11 is 6.40. The first kappa shape index (κ1) is 19.6. The molecule has 0 saturated carbocycles. The number of aromatic nitrogens is 4. The summed E-state index contributed by atoms with van der Waals surface area (Å²) in [6.45, 7) is 0.851. The van der Waals surface area contributed by atoms with Crippen molar-refractivity contribution in [1.29, 1.82) is 0 Å². The predicted molar refractivity (Wildman–Crippen MR) is 115 cm³/mol. The van der Waals surface area contributed by atoms with Crippen LogP contribution in [-0.2, 0) is 13.1 Å². The third kappa shape index (κ3) is 4.82. The van der Waals surface area contributed by atoms with E-state index in [0.717, 1.165) is 16.8 Å². The summed E-state index contributed by atoms with van der Waals surface area (Å²) in [7, 11) is 0. The number of nitrogens with zero attached hydrogens (tertiary/aromatic N) is 5. The van der Waals surface area contributed by atoms with Gasteiger partial charge in [-0.1, -0.05) is 17.7 Å². The summed E-state index contributed by atoms with van der Waals surface area (Å²) in [6, 6.07) is 14.5. The lowest BCUT2D eigenvalue weighted by Gasteiger charge is -2.23. The van der Waals surface area contributed by atoms with Gasteiger partial charge >= 0.3 is 6.03 Å². The second kappa shape index (κ2) is 9.19. The topological polar surface area (TPSA) is 75.9 Å². The third-order valence-electron chi connectivity index (χ3n) is 4.46. The van der Waals surface area contributed by atoms with Crippen molar-refractivity contribution in [3.8, 4) is 5.69 Å². The zero-order chi connectivity index (χ0) is 20.8. The lowest BCUT2D eigenvalue weighted by atomic mass is 10.2. The van der Waals surface area contributed by atoms with Crippen LogP contribution in [0.1, 0.15) is 11.1 Å². The molecule has 1 N–H and O–H groups in total. The van der Waals surface area contributed by atoms with Crippen LogP contribution >= 0.6 is 11.6 Å². The molecular formula is C22H19ClN6O. The first-order valence-electron chi connectivity index (χ1n) is 9.32. The molecule has 0 radical (unpaired) electrons. The van der Waals surface area contributed by atoms with E-state index in [9.17, 15) is 4.79 Å². The number of urea groups is 1. The highest BCUT2D eigenvalue weighted by molar-refractivity contribution is 6.32. The molecule has 3 aromatic heterocycles. The Morgan fingerprint density at radius 2 is 1.80 bits per heavy atom. The molecular weight excluding hydrogens is 400 g/mol. The van der Waals surface area contributed by atoms with Crippen molar-refractivity contribution >= 4 is 23.3 Å². The standard InChI is InChI=1S/C22H19ClN6O/c23-20-13-19(4-5-21(20)29-12-2-9-26-29)27-22(30)28(15-17-6-10-24-11-7-17)16-18-3-1-8-25-14-18/h1-14H,15-16H2,(H,27,30). The number of benzene rings is 1. The molecule has 0 spiro atoms. The number of pyridine rings is 2. The zero-order valence-corrected chi connectivity index (χ0v) is 16.8. The van der Waals surface area contributed by atoms with Crippen molar-refractivity contribution in [2.24, 2.45) is 0 Å². The highest BCUT2D eigenvalue weighted by Crippen LogP contribution is 2.24. The fourth-order valence-electron chi connectivity index (χ4n) is 3.00. The molecule has 0 aliphatic heterocycles. The Labute approximate surface area is 179 Å². The van der Waals surface area contributed by atoms with Gasteiger partial charge in [0.2, 0.25) is 0 Å². The maximum atomic E-state index is 13.1. The van der Waals surface area contributed by atoms with Gasteiger partial charge in [-0.25, -0.2) is 9.48 Å². The van der Waals surface area contributed by atoms with Crippen LogP contribution in [0.3, 0.4) is 0 Å². The molecule has 0 aliphatic rings. The smallest absolute Gasteiger partial charge is 0.316 e. The lowest BCUT2D eigenvalue weighted by Crippen LogP contribution is -2.34. The summed E-state index contributed by atoms with van der Waals surface area (Å²) in [5.41, 5.74) is 3.26. The number of rotatable bonds is 6. The van der Waals surface area contributed by atoms with Crippen LogP contribution in [0, 0.1) is 0 Å². The van der Waals surface area contributed by atoms with Crippen LogP contribution in [-0.4, -0.2) is 30.7 Å². The van der Waals surface area contributed by atoms with Crippen LogP contribution in [0.15, 0.2) is 85.7 Å². The second-order valence-electron chi connectivity index (χ2n) is 6.62. The van der Waals surface area contributed by atoms with E-state index in [1.807, 2.05) is 42.6 Å². The van der Waals surface area contributed by atoms with Crippen LogP contribution in [0.2, 0.25) is 5.02 Å². The van der Waals surface area contributed by atoms with Crippen molar-refractivity contribution < 1.29 is 4.79 Å². The third-order valence-corrected chi connectivity index (χ3v) is 4.76. The minimum Gasteiger partial charge on any atom is -0.316 e. The zero-order valence-electron chi connectivity index (χ0n) is 16.0. The summed E-state index contributed by atoms with van der Waals surface area (Å²) in [4.78, 5) is 23.0. The highest BCUT2D eigenvalue weighted by Gasteiger charge is 2.16. The number of anilines is 1. The molecule has 0 unspecified atom stereocenters. The first-order valence-corrected chi connectivity index (χ1v) is 9.70. The molecule has 150 valence electrons. The second-order valence-corrected chi connectivity index (χ2v) is 7.03. The van der Waals surface area contributed by atoms with Gasteiger partial charge in [0.05, 0.1) is 10.7 Å². The Bertz CT molecular complexity index is 1060. The van der Waals surface area contributed by atoms with Crippen molar-refractivity contribution in [3.05, 3.63) is 102 Å². The summed E-state index contributed by atoms with van der Waals surface area (Å²) in [5.74, 6) is 0. The molecule has 0 saturated heterocycles. The molecule has 30 heavy (non-hydrogen) atoms. The van der Waals surface area contributed by atoms with E-state index in [1.165, 1.54) is 0 Å². The van der Waals surface area contributed by atoms with Crippen LogP contribution in [0.5, 0.6) is 0 Å². The molecule has 3 heterocycles. The average molecular weight is 419 g/mol. The van der Waals surface area contributed by atoms with Crippen molar-refractivity contribution in [1.82, 2.24) is 24.6 Å². The van der Waals surface area contributed by atoms with E-state index in [4.69, 9.17) is 11.6 Å². The molecule has 4 rings (SSSR count). The molecule has 7 nitrogen and oxygen atoms in total. The van der Waals surface area contributed by atoms with Gasteiger partial charge in [-0.05, 0) is 53.6 Å². The molecule has 4 aromatic rings. The van der Waals surface area contributed by atoms with Gasteiger partial charge in [-0.3, -0.25) is 9.97 Å². The summed E-state index contributed by atoms with van der Waals surface area (Å²) in [5, 5.41) is 7.61. The van der Waals surface area contributed by atoms with Crippen molar-refractivity contribution in [2.75, 3.05) is 5.32 Å². The minimum absolute atomic E-state index is 0.237. The molecule has 2 amide bonds. The number of hydrogen-bond acceptors (Lipinski definition) is 4. The average Bonchev–Trinajstić information content (AvgIpc) is 3.29. The first-order chi connectivity index (χ1) is 14.7. The largest absolute Gasteiger partial charge is 0.322 e. The molecule has 0 atom stereocenters. The Kier molecular flexibility index (Phi) is 6.01. The molecule has 8 heteroatoms. The number of nitrogens with one attached hydrogen (secondary N) is 1. The maximum absolute atomic E-state index is 13.1. The van der Waals surface area contributed by atoms with Crippen LogP contribution < -0.4 is 5.32 Å². The SMILES string of the molecule is O=C(Nc1ccc(-n2cccn2)c(Cl)c1)N(Cc1ccncc1)Cc1cccnc1. The molecule has 0 bridgehead atoms. The van der Waals surface area contributed by atoms with Crippen molar-refractivity contribution in [2.45, 2.75) is 13.1 Å². The molecule has 0 fully saturated rings. The van der Waals surface area contributed by atoms with Crippen LogP contribution in [0.25, 0.3) is 5.69 Å². The fourth-order valence-corrected chi connectivity index (χ4v) is 3.27. The molecule has 1 aromatic carbocycles. The number of carbonyl (C=O) groups excluding carboxylic acids is 1. The van der Waals surface area contributed by atoms with Gasteiger partial charge in [0.15, 0.2) is 0 Å². The van der Waals surface area contributed by atoms with Crippen LogP contribution in [0.4, 0.5) is 10.5 Å². The monoisotopic (exact) mass is 418 g/mol. The Morgan fingerprint density at radius 1 is 0.967 bits per heavy atom. The summed E-state index contributed by atoms with van der Waals surface area (Å²) in [6.07, 6.45) is 10.4. The van der Waals surface area contributed by atoms with Gasteiger partial charge in [0.1, 0.15) is 0 Å². The van der Waals surface area contributed by atoms with E-state index in [-0.39, 0.29) is 6.03 Å². The normalized spacial score (nSPS) is 10.6. The van der Waals surface area contributed by atoms with E-state index < -0.39 is 0 Å². The lowest BCUT2D eigenvalue weighted by molar-refractivity contribution is 0.206. The van der Waals surface area contributed by atoms with Crippen molar-refractivity contribution in [3.63, 3.8) is 0 Å². The molecule has 0 aliphatic carbocycles. The van der Waals surface area contributed by atoms with Gasteiger partial charge in [0, 0.05) is 56.0 Å². The predicted octanol–water partition coefficient (Wildman–Crippen LogP) is 4.55. The minimum atomic E-state index is -0.237. The fraction of sp³-hybridized carbons (Fsp3) is 0.0909. The van der Waals surface area contributed by atoms with Gasteiger partial charge in [-0.15, -0.1) is 0 Å². The summed E-state index contributed by atoms with van der Waals surface area (Å²) < 4.78 is 1.67. The van der Waals surface area contributed by atoms with E-state index >= 15 is 0 Å². The Hall–Kier alpha value is -3.71. The highest BCUT2D eigenvalue weighted by atomic mass is 35.5. The quantitative estimate of drug-likeness (QED) is 0.498. The number of hydrogen-bond donors (Lipinski definition) is 1. The number of halogens is 1. The van der Waals surface area contributed by atoms with E-state index in [0.29, 0.717) is 23.8 Å². The van der Waals surface area contributed by atoms with Gasteiger partial charge in [0.25, 0.3) is 0 Å². The Morgan fingerprint density at radius 3 is 2.50 bits per heavy atom. The van der Waals surface area contributed by atoms with E-state index in [2.05, 4.69) is 20.4 Å². The maximum Gasteiger partial charge on any atom is 0.322 e. The van der Waals surface area contributed by atoms with E-state index in [1.54, 1.807) is 52.7 Å².